The summed E-state index contributed by atoms with van der Waals surface area (Å²) in [7, 11) is 0. The van der Waals surface area contributed by atoms with E-state index in [1.165, 1.54) is 17.0 Å². The van der Waals surface area contributed by atoms with Gasteiger partial charge in [-0.2, -0.15) is 13.2 Å². The van der Waals surface area contributed by atoms with Crippen molar-refractivity contribution in [2.24, 2.45) is 5.92 Å². The molecular formula is C21H19F3N4O2. The number of aromatic nitrogens is 2. The lowest BCUT2D eigenvalue weighted by molar-refractivity contribution is -0.137. The monoisotopic (exact) mass is 416 g/mol. The largest absolute Gasteiger partial charge is 0.416 e. The van der Waals surface area contributed by atoms with Crippen molar-refractivity contribution in [1.29, 1.82) is 0 Å². The van der Waals surface area contributed by atoms with Crippen molar-refractivity contribution < 1.29 is 22.8 Å². The molecule has 0 spiro atoms. The van der Waals surface area contributed by atoms with Crippen LogP contribution in [0.4, 0.5) is 18.9 Å². The van der Waals surface area contributed by atoms with E-state index in [1.807, 2.05) is 24.3 Å². The molecule has 4 rings (SSSR count). The predicted octanol–water partition coefficient (Wildman–Crippen LogP) is 3.81. The second-order valence-electron chi connectivity index (χ2n) is 7.32. The predicted molar refractivity (Wildman–Crippen MR) is 105 cm³/mol. The van der Waals surface area contributed by atoms with Gasteiger partial charge in [-0.25, -0.2) is 4.98 Å². The van der Waals surface area contributed by atoms with Crippen molar-refractivity contribution in [3.8, 4) is 0 Å². The zero-order chi connectivity index (χ0) is 21.5. The van der Waals surface area contributed by atoms with Crippen LogP contribution in [0.3, 0.4) is 0 Å². The lowest BCUT2D eigenvalue weighted by Crippen LogP contribution is -2.35. The Morgan fingerprint density at radius 2 is 2.00 bits per heavy atom. The summed E-state index contributed by atoms with van der Waals surface area (Å²) in [6.45, 7) is 1.80. The van der Waals surface area contributed by atoms with Crippen LogP contribution in [0.1, 0.15) is 30.8 Å². The van der Waals surface area contributed by atoms with Crippen molar-refractivity contribution in [2.75, 3.05) is 11.4 Å². The molecule has 2 heterocycles. The second-order valence-corrected chi connectivity index (χ2v) is 7.32. The Bertz CT molecular complexity index is 1080. The molecule has 30 heavy (non-hydrogen) atoms. The number of amides is 2. The van der Waals surface area contributed by atoms with E-state index in [-0.39, 0.29) is 30.5 Å². The third-order valence-corrected chi connectivity index (χ3v) is 5.16. The van der Waals surface area contributed by atoms with Crippen LogP contribution in [0.25, 0.3) is 11.0 Å². The number of nitrogens with one attached hydrogen (secondary N) is 2. The highest BCUT2D eigenvalue weighted by atomic mass is 19.4. The molecule has 1 saturated heterocycles. The Morgan fingerprint density at radius 1 is 1.23 bits per heavy atom. The minimum absolute atomic E-state index is 0.0266. The van der Waals surface area contributed by atoms with E-state index in [1.54, 1.807) is 6.92 Å². The number of fused-ring (bicyclic) bond motifs is 1. The Hall–Kier alpha value is -3.36. The van der Waals surface area contributed by atoms with Gasteiger partial charge < -0.3 is 15.2 Å². The molecule has 0 aliphatic carbocycles. The topological polar surface area (TPSA) is 78.1 Å². The molecule has 2 N–H and O–H groups in total. The molecule has 9 heteroatoms. The first-order chi connectivity index (χ1) is 14.2. The number of carbonyl (C=O) groups excluding carboxylic acids is 2. The van der Waals surface area contributed by atoms with Crippen molar-refractivity contribution in [2.45, 2.75) is 25.6 Å². The highest BCUT2D eigenvalue weighted by Crippen LogP contribution is 2.33. The average Bonchev–Trinajstić information content (AvgIpc) is 3.31. The number of rotatable bonds is 4. The van der Waals surface area contributed by atoms with Crippen molar-refractivity contribution in [1.82, 2.24) is 15.3 Å². The minimum Gasteiger partial charge on any atom is -0.346 e. The molecule has 2 atom stereocenters. The molecule has 1 aliphatic heterocycles. The molecule has 1 aliphatic rings. The summed E-state index contributed by atoms with van der Waals surface area (Å²) < 4.78 is 38.9. The Morgan fingerprint density at radius 3 is 2.73 bits per heavy atom. The van der Waals surface area contributed by atoms with E-state index in [2.05, 4.69) is 15.3 Å². The van der Waals surface area contributed by atoms with Gasteiger partial charge in [0.1, 0.15) is 5.82 Å². The standard InChI is InChI=1S/C21H19F3N4O2/c1-12(19-26-16-7-2-3-8-17(16)27-19)25-20(30)13-9-18(29)28(11-13)15-6-4-5-14(10-15)21(22,23)24/h2-8,10,12-13H,9,11H2,1H3,(H,25,30)(H,26,27)/t12-,13-/m0/s1. The summed E-state index contributed by atoms with van der Waals surface area (Å²) in [4.78, 5) is 33.9. The fraction of sp³-hybridized carbons (Fsp3) is 0.286. The van der Waals surface area contributed by atoms with Gasteiger partial charge in [0.05, 0.1) is 28.6 Å². The van der Waals surface area contributed by atoms with Crippen LogP contribution in [-0.4, -0.2) is 28.3 Å². The Balaban J connectivity index is 1.45. The fourth-order valence-electron chi connectivity index (χ4n) is 3.56. The van der Waals surface area contributed by atoms with E-state index >= 15 is 0 Å². The summed E-state index contributed by atoms with van der Waals surface area (Å²) in [6, 6.07) is 11.6. The number of H-pyrrole nitrogens is 1. The lowest BCUT2D eigenvalue weighted by Gasteiger charge is -2.19. The van der Waals surface area contributed by atoms with Gasteiger partial charge in [-0.05, 0) is 37.3 Å². The normalized spacial score (nSPS) is 18.1. The van der Waals surface area contributed by atoms with Crippen molar-refractivity contribution in [3.63, 3.8) is 0 Å². The molecule has 6 nitrogen and oxygen atoms in total. The van der Waals surface area contributed by atoms with Crippen molar-refractivity contribution in [3.05, 3.63) is 59.9 Å². The van der Waals surface area contributed by atoms with Gasteiger partial charge in [-0.1, -0.05) is 18.2 Å². The van der Waals surface area contributed by atoms with E-state index < -0.39 is 23.7 Å². The van der Waals surface area contributed by atoms with Crippen LogP contribution in [0.15, 0.2) is 48.5 Å². The van der Waals surface area contributed by atoms with Gasteiger partial charge in [0.2, 0.25) is 11.8 Å². The third kappa shape index (κ3) is 3.87. The number of imidazole rings is 1. The van der Waals surface area contributed by atoms with Gasteiger partial charge in [0.25, 0.3) is 0 Å². The molecule has 2 aromatic carbocycles. The lowest BCUT2D eigenvalue weighted by atomic mass is 10.1. The van der Waals surface area contributed by atoms with Gasteiger partial charge in [0, 0.05) is 18.7 Å². The van der Waals surface area contributed by atoms with Gasteiger partial charge >= 0.3 is 6.18 Å². The number of nitrogens with zero attached hydrogens (tertiary/aromatic N) is 2. The summed E-state index contributed by atoms with van der Waals surface area (Å²) in [5.74, 6) is -0.792. The Labute approximate surface area is 170 Å². The summed E-state index contributed by atoms with van der Waals surface area (Å²) in [6.07, 6.45) is -4.56. The number of para-hydroxylation sites is 2. The molecule has 156 valence electrons. The first-order valence-corrected chi connectivity index (χ1v) is 9.45. The summed E-state index contributed by atoms with van der Waals surface area (Å²) >= 11 is 0. The van der Waals surface area contributed by atoms with Crippen molar-refractivity contribution >= 4 is 28.5 Å². The second kappa shape index (κ2) is 7.47. The number of hydrogen-bond donors (Lipinski definition) is 2. The van der Waals surface area contributed by atoms with Crippen LogP contribution in [0.5, 0.6) is 0 Å². The molecule has 0 radical (unpaired) electrons. The van der Waals surface area contributed by atoms with Crippen LogP contribution in [0, 0.1) is 5.92 Å². The maximum Gasteiger partial charge on any atom is 0.416 e. The number of alkyl halides is 3. The number of carbonyl (C=O) groups is 2. The summed E-state index contributed by atoms with van der Waals surface area (Å²) in [5.41, 5.74) is 0.926. The van der Waals surface area contributed by atoms with Gasteiger partial charge in [-0.15, -0.1) is 0 Å². The highest BCUT2D eigenvalue weighted by Gasteiger charge is 2.37. The molecule has 2 amide bonds. The smallest absolute Gasteiger partial charge is 0.346 e. The van der Waals surface area contributed by atoms with Gasteiger partial charge in [0.15, 0.2) is 0 Å². The molecule has 1 aromatic heterocycles. The van der Waals surface area contributed by atoms with Crippen LogP contribution in [0.2, 0.25) is 0 Å². The van der Waals surface area contributed by atoms with Crippen LogP contribution >= 0.6 is 0 Å². The number of aromatic amines is 1. The highest BCUT2D eigenvalue weighted by molar-refractivity contribution is 6.00. The fourth-order valence-corrected chi connectivity index (χ4v) is 3.56. The van der Waals surface area contributed by atoms with E-state index in [0.717, 1.165) is 23.2 Å². The van der Waals surface area contributed by atoms with E-state index in [0.29, 0.717) is 5.82 Å². The zero-order valence-electron chi connectivity index (χ0n) is 16.0. The quantitative estimate of drug-likeness (QED) is 0.679. The van der Waals surface area contributed by atoms with E-state index in [4.69, 9.17) is 0 Å². The third-order valence-electron chi connectivity index (χ3n) is 5.16. The first-order valence-electron chi connectivity index (χ1n) is 9.45. The average molecular weight is 416 g/mol. The first kappa shape index (κ1) is 19.9. The molecule has 0 saturated carbocycles. The van der Waals surface area contributed by atoms with Crippen LogP contribution < -0.4 is 10.2 Å². The number of benzene rings is 2. The van der Waals surface area contributed by atoms with Gasteiger partial charge in [-0.3, -0.25) is 9.59 Å². The Kier molecular flexibility index (Phi) is 4.97. The molecule has 3 aromatic rings. The number of halogens is 3. The minimum atomic E-state index is -4.50. The number of anilines is 1. The zero-order valence-corrected chi connectivity index (χ0v) is 16.0. The number of hydrogen-bond acceptors (Lipinski definition) is 3. The maximum absolute atomic E-state index is 13.0. The van der Waals surface area contributed by atoms with Crippen LogP contribution in [-0.2, 0) is 15.8 Å². The molecule has 0 unspecified atom stereocenters. The SMILES string of the molecule is C[C@H](NC(=O)[C@H]1CC(=O)N(c2cccc(C(F)(F)F)c2)C1)c1nc2ccccc2[nH]1. The molecule has 1 fully saturated rings. The maximum atomic E-state index is 13.0. The van der Waals surface area contributed by atoms with E-state index in [9.17, 15) is 22.8 Å². The summed E-state index contributed by atoms with van der Waals surface area (Å²) in [5, 5.41) is 2.84. The molecule has 0 bridgehead atoms. The molecular weight excluding hydrogens is 397 g/mol.